The summed E-state index contributed by atoms with van der Waals surface area (Å²) in [6, 6.07) is 1.51. The van der Waals surface area contributed by atoms with Crippen molar-refractivity contribution in [3.63, 3.8) is 0 Å². The Hall–Kier alpha value is 0.174. The second-order valence-electron chi connectivity index (χ2n) is 7.38. The lowest BCUT2D eigenvalue weighted by molar-refractivity contribution is 0.218. The van der Waals surface area contributed by atoms with E-state index in [1.165, 1.54) is 31.0 Å². The summed E-state index contributed by atoms with van der Waals surface area (Å²) in [5.41, 5.74) is 3.70. The van der Waals surface area contributed by atoms with Gasteiger partial charge in [-0.25, -0.2) is 0 Å². The minimum Gasteiger partial charge on any atom is -0.0853 e. The van der Waals surface area contributed by atoms with Crippen molar-refractivity contribution in [2.24, 2.45) is 11.3 Å². The summed E-state index contributed by atoms with van der Waals surface area (Å²) < 4.78 is 0. The lowest BCUT2D eigenvalue weighted by Gasteiger charge is -2.41. The minimum absolute atomic E-state index is 0.562. The molecule has 0 aromatic rings. The molecule has 1 unspecified atom stereocenters. The van der Waals surface area contributed by atoms with Gasteiger partial charge in [0.15, 0.2) is 0 Å². The summed E-state index contributed by atoms with van der Waals surface area (Å²) in [7, 11) is 0.202. The molecule has 0 saturated carbocycles. The first kappa shape index (κ1) is 15.2. The van der Waals surface area contributed by atoms with Gasteiger partial charge in [0.2, 0.25) is 0 Å². The third kappa shape index (κ3) is 4.74. The van der Waals surface area contributed by atoms with Crippen molar-refractivity contribution in [1.82, 2.24) is 0 Å². The first-order valence-electron chi connectivity index (χ1n) is 7.07. The Morgan fingerprint density at radius 3 is 2.53 bits per heavy atom. The van der Waals surface area contributed by atoms with E-state index in [0.717, 1.165) is 15.4 Å². The molecule has 17 heavy (non-hydrogen) atoms. The van der Waals surface area contributed by atoms with E-state index >= 15 is 0 Å². The van der Waals surface area contributed by atoms with Crippen molar-refractivity contribution in [3.05, 3.63) is 11.6 Å². The smallest absolute Gasteiger partial charge is 0.0448 e. The quantitative estimate of drug-likeness (QED) is 0.475. The minimum atomic E-state index is -0.948. The van der Waals surface area contributed by atoms with Crippen LogP contribution in [0.4, 0.5) is 0 Å². The van der Waals surface area contributed by atoms with Crippen molar-refractivity contribution < 1.29 is 0 Å². The van der Waals surface area contributed by atoms with Gasteiger partial charge in [-0.1, -0.05) is 56.8 Å². The van der Waals surface area contributed by atoms with Crippen molar-refractivity contribution in [3.8, 4) is 0 Å². The average Bonchev–Trinajstić information content (AvgIpc) is 2.16. The third-order valence-corrected chi connectivity index (χ3v) is 11.4. The maximum atomic E-state index is 2.59. The zero-order valence-corrected chi connectivity index (χ0v) is 14.7. The van der Waals surface area contributed by atoms with E-state index in [9.17, 15) is 0 Å². The SMILES string of the molecule is C[Si]C[Si](C)(C)CC(C)(C)C1CC=C(C)CC1. The van der Waals surface area contributed by atoms with Crippen LogP contribution >= 0.6 is 0 Å². The molecule has 0 saturated heterocycles. The molecular formula is C15H30Si2. The topological polar surface area (TPSA) is 0 Å². The fourth-order valence-electron chi connectivity index (χ4n) is 3.59. The Labute approximate surface area is 112 Å². The molecule has 98 valence electrons. The van der Waals surface area contributed by atoms with Crippen LogP contribution in [0.15, 0.2) is 11.6 Å². The largest absolute Gasteiger partial charge is 0.0853 e. The monoisotopic (exact) mass is 266 g/mol. The van der Waals surface area contributed by atoms with E-state index in [-0.39, 0.29) is 0 Å². The standard InChI is InChI=1S/C15H30Si2/c1-13-7-9-14(10-8-13)15(2,3)11-17(5,6)12-16-4/h7,14H,8-12H2,1-6H3. The average molecular weight is 267 g/mol. The van der Waals surface area contributed by atoms with Crippen LogP contribution in [-0.2, 0) is 0 Å². The lowest BCUT2D eigenvalue weighted by atomic mass is 9.73. The third-order valence-electron chi connectivity index (χ3n) is 4.33. The van der Waals surface area contributed by atoms with Gasteiger partial charge in [0.1, 0.15) is 0 Å². The predicted octanol–water partition coefficient (Wildman–Crippen LogP) is 5.18. The molecule has 0 amide bonds. The van der Waals surface area contributed by atoms with Gasteiger partial charge in [0.25, 0.3) is 0 Å². The Morgan fingerprint density at radius 2 is 2.06 bits per heavy atom. The Bertz CT molecular complexity index is 277. The van der Waals surface area contributed by atoms with Gasteiger partial charge >= 0.3 is 0 Å². The van der Waals surface area contributed by atoms with Crippen LogP contribution in [0.2, 0.25) is 31.4 Å². The second kappa shape index (κ2) is 5.88. The lowest BCUT2D eigenvalue weighted by Crippen LogP contribution is -2.37. The molecule has 2 radical (unpaired) electrons. The molecule has 1 rings (SSSR count). The van der Waals surface area contributed by atoms with Gasteiger partial charge in [-0.3, -0.25) is 0 Å². The molecule has 0 aromatic carbocycles. The molecule has 0 spiro atoms. The summed E-state index contributed by atoms with van der Waals surface area (Å²) >= 11 is 0. The van der Waals surface area contributed by atoms with Gasteiger partial charge in [-0.15, -0.1) is 0 Å². The predicted molar refractivity (Wildman–Crippen MR) is 83.6 cm³/mol. The number of allylic oxidation sites excluding steroid dienone is 2. The van der Waals surface area contributed by atoms with Gasteiger partial charge in [-0.05, 0) is 37.5 Å². The molecule has 0 heterocycles. The van der Waals surface area contributed by atoms with Crippen LogP contribution in [0, 0.1) is 11.3 Å². The zero-order valence-electron chi connectivity index (χ0n) is 12.7. The Morgan fingerprint density at radius 1 is 1.41 bits per heavy atom. The summed E-state index contributed by atoms with van der Waals surface area (Å²) in [6.45, 7) is 14.9. The van der Waals surface area contributed by atoms with Crippen molar-refractivity contribution in [2.45, 2.75) is 71.4 Å². The van der Waals surface area contributed by atoms with Crippen molar-refractivity contribution >= 4 is 17.6 Å². The van der Waals surface area contributed by atoms with Crippen LogP contribution < -0.4 is 0 Å². The molecule has 1 atom stereocenters. The van der Waals surface area contributed by atoms with E-state index in [2.05, 4.69) is 46.5 Å². The molecule has 0 N–H and O–H groups in total. The molecule has 0 nitrogen and oxygen atoms in total. The van der Waals surface area contributed by atoms with E-state index in [0.29, 0.717) is 5.41 Å². The number of hydrogen-bond acceptors (Lipinski definition) is 0. The molecule has 2 heteroatoms. The van der Waals surface area contributed by atoms with E-state index in [1.807, 2.05) is 0 Å². The maximum absolute atomic E-state index is 2.59. The van der Waals surface area contributed by atoms with Crippen LogP contribution in [0.25, 0.3) is 0 Å². The Kier molecular flexibility index (Phi) is 5.27. The molecule has 0 aliphatic heterocycles. The van der Waals surface area contributed by atoms with Gasteiger partial charge < -0.3 is 0 Å². The molecule has 1 aliphatic carbocycles. The van der Waals surface area contributed by atoms with E-state index in [4.69, 9.17) is 0 Å². The van der Waals surface area contributed by atoms with E-state index in [1.54, 1.807) is 5.57 Å². The fraction of sp³-hybridized carbons (Fsp3) is 0.867. The molecule has 0 bridgehead atoms. The summed E-state index contributed by atoms with van der Waals surface area (Å²) in [5, 5.41) is 0. The van der Waals surface area contributed by atoms with Gasteiger partial charge in [-0.2, -0.15) is 0 Å². The molecule has 0 fully saturated rings. The second-order valence-corrected chi connectivity index (χ2v) is 14.2. The van der Waals surface area contributed by atoms with Crippen molar-refractivity contribution in [2.75, 3.05) is 0 Å². The summed E-state index contributed by atoms with van der Waals surface area (Å²) in [4.78, 5) is 0. The Balaban J connectivity index is 2.62. The van der Waals surface area contributed by atoms with Crippen LogP contribution in [-0.4, -0.2) is 17.6 Å². The highest BCUT2D eigenvalue weighted by molar-refractivity contribution is 6.84. The van der Waals surface area contributed by atoms with Crippen LogP contribution in [0.3, 0.4) is 0 Å². The highest BCUT2D eigenvalue weighted by Crippen LogP contribution is 2.43. The summed E-state index contributed by atoms with van der Waals surface area (Å²) in [5.74, 6) is 0.929. The molecule has 1 aliphatic rings. The zero-order chi connectivity index (χ0) is 13.1. The normalized spacial score (nSPS) is 22.5. The van der Waals surface area contributed by atoms with Gasteiger partial charge in [0.05, 0.1) is 0 Å². The van der Waals surface area contributed by atoms with Gasteiger partial charge in [0, 0.05) is 17.6 Å². The first-order valence-corrected chi connectivity index (χ1v) is 12.2. The first-order chi connectivity index (χ1) is 7.77. The summed E-state index contributed by atoms with van der Waals surface area (Å²) in [6.07, 6.45) is 6.59. The van der Waals surface area contributed by atoms with E-state index < -0.39 is 8.07 Å². The van der Waals surface area contributed by atoms with Crippen molar-refractivity contribution in [1.29, 1.82) is 0 Å². The highest BCUT2D eigenvalue weighted by Gasteiger charge is 2.35. The molecule has 0 aromatic heterocycles. The number of rotatable bonds is 5. The highest BCUT2D eigenvalue weighted by atomic mass is 28.4. The van der Waals surface area contributed by atoms with Crippen LogP contribution in [0.1, 0.15) is 40.0 Å². The maximum Gasteiger partial charge on any atom is 0.0448 e. The fourth-order valence-corrected chi connectivity index (χ4v) is 10.7. The number of hydrogen-bond donors (Lipinski definition) is 0. The van der Waals surface area contributed by atoms with Crippen LogP contribution in [0.5, 0.6) is 0 Å². The molecular weight excluding hydrogens is 236 g/mol.